The standard InChI is InChI=1S/C17H18BrCl2N/c1-3-21-17(13-5-4-6-14(18)11(13)2)10-12-7-8-15(19)16(20)9-12/h4-9,17,21H,3,10H2,1-2H3. The first kappa shape index (κ1) is 16.8. The summed E-state index contributed by atoms with van der Waals surface area (Å²) in [5.41, 5.74) is 3.75. The van der Waals surface area contributed by atoms with Gasteiger partial charge in [0.1, 0.15) is 0 Å². The third-order valence-corrected chi connectivity index (χ3v) is 5.16. The Labute approximate surface area is 144 Å². The van der Waals surface area contributed by atoms with Gasteiger partial charge in [0.2, 0.25) is 0 Å². The maximum Gasteiger partial charge on any atom is 0.0595 e. The second-order valence-electron chi connectivity index (χ2n) is 5.02. The van der Waals surface area contributed by atoms with E-state index in [1.54, 1.807) is 0 Å². The molecule has 0 heterocycles. The molecule has 0 saturated carbocycles. The summed E-state index contributed by atoms with van der Waals surface area (Å²) in [5.74, 6) is 0. The predicted octanol–water partition coefficient (Wildman–Crippen LogP) is 5.96. The predicted molar refractivity (Wildman–Crippen MR) is 95.5 cm³/mol. The summed E-state index contributed by atoms with van der Waals surface area (Å²) < 4.78 is 1.14. The van der Waals surface area contributed by atoms with Crippen LogP contribution in [0, 0.1) is 6.92 Å². The number of hydrogen-bond acceptors (Lipinski definition) is 1. The van der Waals surface area contributed by atoms with Crippen LogP contribution in [0.2, 0.25) is 10.0 Å². The van der Waals surface area contributed by atoms with E-state index in [1.807, 2.05) is 18.2 Å². The molecule has 0 radical (unpaired) electrons. The minimum Gasteiger partial charge on any atom is -0.310 e. The molecule has 21 heavy (non-hydrogen) atoms. The van der Waals surface area contributed by atoms with Gasteiger partial charge in [-0.1, -0.05) is 64.3 Å². The van der Waals surface area contributed by atoms with Crippen molar-refractivity contribution >= 4 is 39.1 Å². The normalized spacial score (nSPS) is 12.4. The first-order valence-corrected chi connectivity index (χ1v) is 8.50. The molecule has 0 spiro atoms. The van der Waals surface area contributed by atoms with E-state index in [2.05, 4.69) is 53.3 Å². The molecule has 4 heteroatoms. The molecule has 0 fully saturated rings. The molecule has 1 nitrogen and oxygen atoms in total. The number of likely N-dealkylation sites (N-methyl/N-ethyl adjacent to an activating group) is 1. The first-order chi connectivity index (χ1) is 10.0. The molecule has 2 rings (SSSR count). The molecule has 2 aromatic rings. The van der Waals surface area contributed by atoms with Crippen LogP contribution in [0.15, 0.2) is 40.9 Å². The fraction of sp³-hybridized carbons (Fsp3) is 0.294. The molecule has 1 atom stereocenters. The van der Waals surface area contributed by atoms with Crippen molar-refractivity contribution in [3.63, 3.8) is 0 Å². The monoisotopic (exact) mass is 385 g/mol. The number of hydrogen-bond donors (Lipinski definition) is 1. The molecule has 0 amide bonds. The van der Waals surface area contributed by atoms with Gasteiger partial charge in [0.05, 0.1) is 10.0 Å². The molecule has 0 saturated heterocycles. The average molecular weight is 387 g/mol. The Hall–Kier alpha value is -0.540. The Morgan fingerprint density at radius 1 is 1.14 bits per heavy atom. The summed E-state index contributed by atoms with van der Waals surface area (Å²) in [4.78, 5) is 0. The van der Waals surface area contributed by atoms with Crippen LogP contribution >= 0.6 is 39.1 Å². The van der Waals surface area contributed by atoms with Crippen LogP contribution in [0.5, 0.6) is 0 Å². The van der Waals surface area contributed by atoms with Gasteiger partial charge in [0.15, 0.2) is 0 Å². The number of halogens is 3. The van der Waals surface area contributed by atoms with E-state index in [9.17, 15) is 0 Å². The molecule has 0 aliphatic rings. The molecule has 1 unspecified atom stereocenters. The molecule has 0 aliphatic heterocycles. The molecular weight excluding hydrogens is 369 g/mol. The van der Waals surface area contributed by atoms with Crippen molar-refractivity contribution in [2.75, 3.05) is 6.54 Å². The van der Waals surface area contributed by atoms with Gasteiger partial charge in [-0.3, -0.25) is 0 Å². The fourth-order valence-corrected chi connectivity index (χ4v) is 3.14. The number of rotatable bonds is 5. The second kappa shape index (κ2) is 7.64. The van der Waals surface area contributed by atoms with Gasteiger partial charge in [-0.15, -0.1) is 0 Å². The maximum absolute atomic E-state index is 6.12. The largest absolute Gasteiger partial charge is 0.310 e. The van der Waals surface area contributed by atoms with Crippen molar-refractivity contribution < 1.29 is 0 Å². The average Bonchev–Trinajstić information content (AvgIpc) is 2.45. The smallest absolute Gasteiger partial charge is 0.0595 e. The lowest BCUT2D eigenvalue weighted by Gasteiger charge is -2.21. The Balaban J connectivity index is 2.30. The Bertz CT molecular complexity index is 628. The van der Waals surface area contributed by atoms with Gasteiger partial charge in [-0.2, -0.15) is 0 Å². The Morgan fingerprint density at radius 3 is 2.57 bits per heavy atom. The van der Waals surface area contributed by atoms with Crippen LogP contribution in [-0.4, -0.2) is 6.54 Å². The van der Waals surface area contributed by atoms with Crippen LogP contribution in [0.3, 0.4) is 0 Å². The second-order valence-corrected chi connectivity index (χ2v) is 6.69. The highest BCUT2D eigenvalue weighted by atomic mass is 79.9. The van der Waals surface area contributed by atoms with Crippen LogP contribution < -0.4 is 5.32 Å². The van der Waals surface area contributed by atoms with Crippen LogP contribution in [0.1, 0.15) is 29.7 Å². The minimum absolute atomic E-state index is 0.254. The lowest BCUT2D eigenvalue weighted by atomic mass is 9.95. The quantitative estimate of drug-likeness (QED) is 0.668. The van der Waals surface area contributed by atoms with E-state index in [0.29, 0.717) is 10.0 Å². The van der Waals surface area contributed by atoms with Crippen LogP contribution in [0.25, 0.3) is 0 Å². The summed E-state index contributed by atoms with van der Waals surface area (Å²) in [6, 6.07) is 12.4. The molecule has 2 aromatic carbocycles. The van der Waals surface area contributed by atoms with Gasteiger partial charge in [-0.05, 0) is 54.8 Å². The highest BCUT2D eigenvalue weighted by Gasteiger charge is 2.15. The molecule has 0 bridgehead atoms. The maximum atomic E-state index is 6.12. The van der Waals surface area contributed by atoms with Crippen LogP contribution in [-0.2, 0) is 6.42 Å². The fourth-order valence-electron chi connectivity index (χ4n) is 2.44. The zero-order valence-corrected chi connectivity index (χ0v) is 15.2. The van der Waals surface area contributed by atoms with Crippen molar-refractivity contribution in [1.82, 2.24) is 5.32 Å². The SMILES string of the molecule is CCNC(Cc1ccc(Cl)c(Cl)c1)c1cccc(Br)c1C. The summed E-state index contributed by atoms with van der Waals surface area (Å²) in [5, 5.41) is 4.76. The molecule has 1 N–H and O–H groups in total. The van der Waals surface area contributed by atoms with Crippen molar-refractivity contribution in [3.8, 4) is 0 Å². The lowest BCUT2D eigenvalue weighted by molar-refractivity contribution is 0.547. The minimum atomic E-state index is 0.254. The summed E-state index contributed by atoms with van der Waals surface area (Å²) in [6.07, 6.45) is 0.877. The van der Waals surface area contributed by atoms with Crippen molar-refractivity contribution in [2.45, 2.75) is 26.3 Å². The van der Waals surface area contributed by atoms with Gasteiger partial charge >= 0.3 is 0 Å². The van der Waals surface area contributed by atoms with Crippen LogP contribution in [0.4, 0.5) is 0 Å². The summed E-state index contributed by atoms with van der Waals surface area (Å²) >= 11 is 15.7. The van der Waals surface area contributed by atoms with E-state index < -0.39 is 0 Å². The van der Waals surface area contributed by atoms with Gasteiger partial charge in [-0.25, -0.2) is 0 Å². The zero-order valence-electron chi connectivity index (χ0n) is 12.1. The Kier molecular flexibility index (Phi) is 6.12. The van der Waals surface area contributed by atoms with E-state index >= 15 is 0 Å². The van der Waals surface area contributed by atoms with Crippen molar-refractivity contribution in [2.24, 2.45) is 0 Å². The van der Waals surface area contributed by atoms with Gasteiger partial charge in [0.25, 0.3) is 0 Å². The summed E-state index contributed by atoms with van der Waals surface area (Å²) in [6.45, 7) is 5.17. The van der Waals surface area contributed by atoms with Crippen molar-refractivity contribution in [1.29, 1.82) is 0 Å². The highest BCUT2D eigenvalue weighted by Crippen LogP contribution is 2.29. The lowest BCUT2D eigenvalue weighted by Crippen LogP contribution is -2.23. The third kappa shape index (κ3) is 4.23. The first-order valence-electron chi connectivity index (χ1n) is 6.95. The third-order valence-electron chi connectivity index (χ3n) is 3.56. The highest BCUT2D eigenvalue weighted by molar-refractivity contribution is 9.10. The van der Waals surface area contributed by atoms with E-state index in [0.717, 1.165) is 17.4 Å². The topological polar surface area (TPSA) is 12.0 Å². The van der Waals surface area contributed by atoms with E-state index in [1.165, 1.54) is 16.7 Å². The summed E-state index contributed by atoms with van der Waals surface area (Å²) in [7, 11) is 0. The molecule has 0 aromatic heterocycles. The molecule has 0 aliphatic carbocycles. The van der Waals surface area contributed by atoms with Gasteiger partial charge < -0.3 is 5.32 Å². The van der Waals surface area contributed by atoms with E-state index in [4.69, 9.17) is 23.2 Å². The number of nitrogens with one attached hydrogen (secondary N) is 1. The number of benzene rings is 2. The Morgan fingerprint density at radius 2 is 1.90 bits per heavy atom. The van der Waals surface area contributed by atoms with Gasteiger partial charge in [0, 0.05) is 10.5 Å². The zero-order chi connectivity index (χ0) is 15.4. The van der Waals surface area contributed by atoms with E-state index in [-0.39, 0.29) is 6.04 Å². The molecule has 112 valence electrons. The molecular formula is C17H18BrCl2N. The van der Waals surface area contributed by atoms with Crippen molar-refractivity contribution in [3.05, 3.63) is 67.6 Å².